The number of guanidine groups is 1. The van der Waals surface area contributed by atoms with Crippen molar-refractivity contribution in [2.45, 2.75) is 33.4 Å². The smallest absolute Gasteiger partial charge is 0.192 e. The van der Waals surface area contributed by atoms with Gasteiger partial charge in [0.05, 0.1) is 18.8 Å². The summed E-state index contributed by atoms with van der Waals surface area (Å²) in [4.78, 5) is 8.90. The third-order valence-electron chi connectivity index (χ3n) is 3.68. The first-order valence-corrected chi connectivity index (χ1v) is 8.55. The molecule has 144 valence electrons. The van der Waals surface area contributed by atoms with Crippen LogP contribution < -0.4 is 10.6 Å². The van der Waals surface area contributed by atoms with Crippen LogP contribution in [0.2, 0.25) is 0 Å². The molecule has 2 N–H and O–H groups in total. The fourth-order valence-corrected chi connectivity index (χ4v) is 2.12. The SMILES string of the molecule is CCOCCCNC(=NCc1ccccn1)NCc1nnc(C)n1C.I. The van der Waals surface area contributed by atoms with E-state index in [1.165, 1.54) is 0 Å². The quantitative estimate of drug-likeness (QED) is 0.250. The molecule has 0 amide bonds. The average molecular weight is 473 g/mol. The van der Waals surface area contributed by atoms with Crippen molar-refractivity contribution in [3.8, 4) is 0 Å². The van der Waals surface area contributed by atoms with E-state index >= 15 is 0 Å². The number of aryl methyl sites for hydroxylation is 1. The van der Waals surface area contributed by atoms with Gasteiger partial charge in [-0.3, -0.25) is 4.98 Å². The molecule has 26 heavy (non-hydrogen) atoms. The lowest BCUT2D eigenvalue weighted by Crippen LogP contribution is -2.38. The number of pyridine rings is 1. The fraction of sp³-hybridized carbons (Fsp3) is 0.529. The molecule has 8 nitrogen and oxygen atoms in total. The fourth-order valence-electron chi connectivity index (χ4n) is 2.12. The lowest BCUT2D eigenvalue weighted by molar-refractivity contribution is 0.145. The molecule has 0 saturated carbocycles. The zero-order valence-corrected chi connectivity index (χ0v) is 17.9. The molecular formula is C17H28IN7O. The number of hydrogen-bond donors (Lipinski definition) is 2. The number of aromatic nitrogens is 4. The minimum Gasteiger partial charge on any atom is -0.382 e. The largest absolute Gasteiger partial charge is 0.382 e. The van der Waals surface area contributed by atoms with E-state index in [9.17, 15) is 0 Å². The van der Waals surface area contributed by atoms with Gasteiger partial charge in [0.15, 0.2) is 11.8 Å². The molecule has 0 spiro atoms. The van der Waals surface area contributed by atoms with Crippen molar-refractivity contribution in [3.63, 3.8) is 0 Å². The van der Waals surface area contributed by atoms with Gasteiger partial charge in [-0.1, -0.05) is 6.07 Å². The van der Waals surface area contributed by atoms with Gasteiger partial charge in [-0.05, 0) is 32.4 Å². The predicted molar refractivity (Wildman–Crippen MR) is 112 cm³/mol. The van der Waals surface area contributed by atoms with Crippen LogP contribution in [0.5, 0.6) is 0 Å². The topological polar surface area (TPSA) is 89.2 Å². The summed E-state index contributed by atoms with van der Waals surface area (Å²) in [6.07, 6.45) is 2.69. The van der Waals surface area contributed by atoms with Crippen LogP contribution in [0.25, 0.3) is 0 Å². The molecule has 0 aliphatic rings. The van der Waals surface area contributed by atoms with Gasteiger partial charge in [0.2, 0.25) is 0 Å². The molecule has 0 bridgehead atoms. The van der Waals surface area contributed by atoms with Crippen LogP contribution in [0.1, 0.15) is 30.7 Å². The van der Waals surface area contributed by atoms with Gasteiger partial charge in [0.1, 0.15) is 5.82 Å². The molecule has 2 heterocycles. The summed E-state index contributed by atoms with van der Waals surface area (Å²) in [6.45, 7) is 7.25. The van der Waals surface area contributed by atoms with E-state index in [0.29, 0.717) is 13.1 Å². The Morgan fingerprint density at radius 3 is 2.77 bits per heavy atom. The van der Waals surface area contributed by atoms with Gasteiger partial charge in [0, 0.05) is 33.0 Å². The molecule has 0 aromatic carbocycles. The summed E-state index contributed by atoms with van der Waals surface area (Å²) in [5.74, 6) is 2.47. The Balaban J connectivity index is 0.00000338. The van der Waals surface area contributed by atoms with Gasteiger partial charge < -0.3 is 19.9 Å². The van der Waals surface area contributed by atoms with Gasteiger partial charge in [-0.2, -0.15) is 0 Å². The van der Waals surface area contributed by atoms with Crippen LogP contribution in [-0.4, -0.2) is 45.5 Å². The second kappa shape index (κ2) is 12.6. The van der Waals surface area contributed by atoms with Crippen molar-refractivity contribution >= 4 is 29.9 Å². The maximum Gasteiger partial charge on any atom is 0.192 e. The lowest BCUT2D eigenvalue weighted by Gasteiger charge is -2.12. The van der Waals surface area contributed by atoms with Gasteiger partial charge >= 0.3 is 0 Å². The molecule has 2 rings (SSSR count). The normalized spacial score (nSPS) is 11.1. The van der Waals surface area contributed by atoms with E-state index in [1.807, 2.05) is 43.7 Å². The average Bonchev–Trinajstić information content (AvgIpc) is 2.96. The molecule has 2 aromatic heterocycles. The monoisotopic (exact) mass is 473 g/mol. The summed E-state index contributed by atoms with van der Waals surface area (Å²) < 4.78 is 7.32. The molecule has 0 aliphatic carbocycles. The number of rotatable bonds is 9. The minimum absolute atomic E-state index is 0. The van der Waals surface area contributed by atoms with Gasteiger partial charge in [-0.15, -0.1) is 34.2 Å². The first kappa shape index (κ1) is 22.3. The van der Waals surface area contributed by atoms with Crippen molar-refractivity contribution in [2.24, 2.45) is 12.0 Å². The second-order valence-corrected chi connectivity index (χ2v) is 5.54. The Morgan fingerprint density at radius 1 is 1.27 bits per heavy atom. The summed E-state index contributed by atoms with van der Waals surface area (Å²) >= 11 is 0. The first-order chi connectivity index (χ1) is 12.2. The number of hydrogen-bond acceptors (Lipinski definition) is 5. The van der Waals surface area contributed by atoms with Crippen LogP contribution in [0.15, 0.2) is 29.4 Å². The molecule has 0 unspecified atom stereocenters. The predicted octanol–water partition coefficient (Wildman–Crippen LogP) is 1.80. The lowest BCUT2D eigenvalue weighted by atomic mass is 10.3. The molecule has 2 aromatic rings. The second-order valence-electron chi connectivity index (χ2n) is 5.54. The highest BCUT2D eigenvalue weighted by Gasteiger charge is 2.06. The minimum atomic E-state index is 0. The number of ether oxygens (including phenoxy) is 1. The highest BCUT2D eigenvalue weighted by molar-refractivity contribution is 14.0. The number of nitrogens with one attached hydrogen (secondary N) is 2. The van der Waals surface area contributed by atoms with Crippen LogP contribution >= 0.6 is 24.0 Å². The molecular weight excluding hydrogens is 445 g/mol. The van der Waals surface area contributed by atoms with Crippen molar-refractivity contribution in [1.82, 2.24) is 30.4 Å². The summed E-state index contributed by atoms with van der Waals surface area (Å²) in [5, 5.41) is 14.8. The van der Waals surface area contributed by atoms with Crippen LogP contribution in [0, 0.1) is 6.92 Å². The van der Waals surface area contributed by atoms with Gasteiger partial charge in [0.25, 0.3) is 0 Å². The molecule has 0 radical (unpaired) electrons. The van der Waals surface area contributed by atoms with E-state index in [2.05, 4.69) is 30.8 Å². The molecule has 0 atom stereocenters. The number of aliphatic imine (C=N–C) groups is 1. The third-order valence-corrected chi connectivity index (χ3v) is 3.68. The summed E-state index contributed by atoms with van der Waals surface area (Å²) in [7, 11) is 1.95. The number of halogens is 1. The standard InChI is InChI=1S/C17H27N7O.HI/c1-4-25-11-7-10-19-17(20-12-15-8-5-6-9-18-15)21-13-16-23-22-14(2)24(16)3;/h5-6,8-9H,4,7,10-13H2,1-3H3,(H2,19,20,21);1H. The Morgan fingerprint density at radius 2 is 2.12 bits per heavy atom. The maximum absolute atomic E-state index is 5.36. The van der Waals surface area contributed by atoms with E-state index in [1.54, 1.807) is 6.20 Å². The Labute approximate surface area is 171 Å². The Bertz CT molecular complexity index is 660. The third kappa shape index (κ3) is 7.65. The Hall–Kier alpha value is -1.75. The molecule has 0 fully saturated rings. The zero-order valence-electron chi connectivity index (χ0n) is 15.6. The van der Waals surface area contributed by atoms with Crippen molar-refractivity contribution in [2.75, 3.05) is 19.8 Å². The molecule has 0 aliphatic heterocycles. The molecule has 9 heteroatoms. The van der Waals surface area contributed by atoms with E-state index < -0.39 is 0 Å². The van der Waals surface area contributed by atoms with Crippen molar-refractivity contribution < 1.29 is 4.74 Å². The van der Waals surface area contributed by atoms with Gasteiger partial charge in [-0.25, -0.2) is 4.99 Å². The van der Waals surface area contributed by atoms with E-state index in [4.69, 9.17) is 4.74 Å². The van der Waals surface area contributed by atoms with Crippen molar-refractivity contribution in [1.29, 1.82) is 0 Å². The van der Waals surface area contributed by atoms with Crippen LogP contribution in [0.4, 0.5) is 0 Å². The maximum atomic E-state index is 5.36. The Kier molecular flexibility index (Phi) is 10.8. The molecule has 0 saturated heterocycles. The summed E-state index contributed by atoms with van der Waals surface area (Å²) in [6, 6.07) is 5.82. The summed E-state index contributed by atoms with van der Waals surface area (Å²) in [5.41, 5.74) is 0.924. The zero-order chi connectivity index (χ0) is 17.9. The van der Waals surface area contributed by atoms with Crippen molar-refractivity contribution in [3.05, 3.63) is 41.7 Å². The highest BCUT2D eigenvalue weighted by atomic mass is 127. The number of nitrogens with zero attached hydrogens (tertiary/aromatic N) is 5. The van der Waals surface area contributed by atoms with Crippen LogP contribution in [-0.2, 0) is 24.9 Å². The first-order valence-electron chi connectivity index (χ1n) is 8.55. The van der Waals surface area contributed by atoms with E-state index in [-0.39, 0.29) is 24.0 Å². The van der Waals surface area contributed by atoms with Crippen LogP contribution in [0.3, 0.4) is 0 Å². The highest BCUT2D eigenvalue weighted by Crippen LogP contribution is 1.98. The van der Waals surface area contributed by atoms with E-state index in [0.717, 1.165) is 49.5 Å².